The molecule has 3 atom stereocenters. The second-order valence-electron chi connectivity index (χ2n) is 9.13. The number of Topliss-reactive ketones (excluding diaryl/α,β-unsaturated/α-hetero) is 3. The maximum absolute atomic E-state index is 13.6. The fourth-order valence-electron chi connectivity index (χ4n) is 5.44. The lowest BCUT2D eigenvalue weighted by molar-refractivity contribution is -0.147. The van der Waals surface area contributed by atoms with E-state index >= 15 is 0 Å². The third kappa shape index (κ3) is 2.98. The number of hydrogen-bond acceptors (Lipinski definition) is 10. The number of allylic oxidation sites excluding steroid dienone is 1. The number of aliphatic hydroxyl groups is 3. The summed E-state index contributed by atoms with van der Waals surface area (Å²) in [5, 5.41) is 44.0. The van der Waals surface area contributed by atoms with Gasteiger partial charge in [0, 0.05) is 37.7 Å². The van der Waals surface area contributed by atoms with Crippen LogP contribution in [0.5, 0.6) is 5.75 Å². The standard InChI is InChI=1S/C24H25NO9/c1-9(26)16-15(27)7-11-5-10-6-12-14(25(2)3)8-13(23(32)34-4)19(28)18(12)20(29)17(10)22(31)24(11,33)21(16)30/h8,10-11,28-30,33H,5-7H2,1-4H3/t10-,11+,24-/m1/s1. The molecule has 34 heavy (non-hydrogen) atoms. The van der Waals surface area contributed by atoms with E-state index in [-0.39, 0.29) is 36.0 Å². The van der Waals surface area contributed by atoms with Crippen molar-refractivity contribution < 1.29 is 44.3 Å². The molecule has 180 valence electrons. The number of fused-ring (bicyclic) bond motifs is 3. The number of phenols is 1. The Morgan fingerprint density at radius 2 is 1.79 bits per heavy atom. The van der Waals surface area contributed by atoms with Gasteiger partial charge in [0.2, 0.25) is 5.78 Å². The van der Waals surface area contributed by atoms with Gasteiger partial charge in [-0.3, -0.25) is 14.4 Å². The molecule has 1 fully saturated rings. The summed E-state index contributed by atoms with van der Waals surface area (Å²) < 4.78 is 4.73. The second-order valence-corrected chi connectivity index (χ2v) is 9.13. The Morgan fingerprint density at radius 3 is 2.35 bits per heavy atom. The Morgan fingerprint density at radius 1 is 1.15 bits per heavy atom. The second kappa shape index (κ2) is 7.69. The molecule has 0 spiro atoms. The number of ketones is 3. The van der Waals surface area contributed by atoms with Crippen molar-refractivity contribution >= 4 is 34.8 Å². The van der Waals surface area contributed by atoms with Crippen LogP contribution >= 0.6 is 0 Å². The van der Waals surface area contributed by atoms with E-state index in [4.69, 9.17) is 4.74 Å². The van der Waals surface area contributed by atoms with Crippen LogP contribution in [-0.2, 0) is 25.5 Å². The molecule has 0 heterocycles. The van der Waals surface area contributed by atoms with Crippen molar-refractivity contribution in [2.45, 2.75) is 31.8 Å². The van der Waals surface area contributed by atoms with Crippen molar-refractivity contribution in [3.8, 4) is 5.75 Å². The number of methoxy groups -OCH3 is 1. The predicted octanol–water partition coefficient (Wildman–Crippen LogP) is 1.38. The maximum atomic E-state index is 13.6. The average Bonchev–Trinajstić information content (AvgIpc) is 2.75. The van der Waals surface area contributed by atoms with Crippen molar-refractivity contribution in [3.05, 3.63) is 39.7 Å². The highest BCUT2D eigenvalue weighted by atomic mass is 16.5. The molecule has 4 N–H and O–H groups in total. The Bertz CT molecular complexity index is 1240. The van der Waals surface area contributed by atoms with E-state index in [1.165, 1.54) is 6.07 Å². The van der Waals surface area contributed by atoms with Gasteiger partial charge < -0.3 is 30.1 Å². The molecule has 10 heteroatoms. The number of benzene rings is 1. The van der Waals surface area contributed by atoms with Crippen LogP contribution in [0, 0.1) is 11.8 Å². The Labute approximate surface area is 194 Å². The van der Waals surface area contributed by atoms with E-state index < -0.39 is 63.6 Å². The Kier molecular flexibility index (Phi) is 5.32. The molecule has 3 aliphatic carbocycles. The van der Waals surface area contributed by atoms with Crippen molar-refractivity contribution in [2.24, 2.45) is 11.8 Å². The lowest BCUT2D eigenvalue weighted by Crippen LogP contribution is -2.57. The van der Waals surface area contributed by atoms with Crippen LogP contribution in [0.15, 0.2) is 23.0 Å². The number of anilines is 1. The number of aliphatic hydroxyl groups excluding tert-OH is 2. The van der Waals surface area contributed by atoms with E-state index in [0.717, 1.165) is 14.0 Å². The molecule has 0 aromatic heterocycles. The molecule has 3 aliphatic rings. The number of phenolic OH excluding ortho intramolecular Hbond substituents is 1. The van der Waals surface area contributed by atoms with Gasteiger partial charge in [0.05, 0.1) is 12.7 Å². The largest absolute Gasteiger partial charge is 0.508 e. The number of carbonyl (C=O) groups is 4. The van der Waals surface area contributed by atoms with Crippen LogP contribution in [0.2, 0.25) is 0 Å². The van der Waals surface area contributed by atoms with Crippen molar-refractivity contribution in [1.29, 1.82) is 0 Å². The zero-order chi connectivity index (χ0) is 25.3. The van der Waals surface area contributed by atoms with Crippen molar-refractivity contribution in [2.75, 3.05) is 26.1 Å². The smallest absolute Gasteiger partial charge is 0.341 e. The van der Waals surface area contributed by atoms with Gasteiger partial charge in [-0.1, -0.05) is 0 Å². The number of carbonyl (C=O) groups excluding carboxylic acids is 4. The van der Waals surface area contributed by atoms with E-state index in [1.807, 2.05) is 0 Å². The summed E-state index contributed by atoms with van der Waals surface area (Å²) in [5.74, 6) is -7.20. The monoisotopic (exact) mass is 471 g/mol. The minimum Gasteiger partial charge on any atom is -0.508 e. The number of esters is 1. The van der Waals surface area contributed by atoms with Crippen molar-refractivity contribution in [3.63, 3.8) is 0 Å². The summed E-state index contributed by atoms with van der Waals surface area (Å²) in [6.45, 7) is 1.05. The molecule has 0 radical (unpaired) electrons. The summed E-state index contributed by atoms with van der Waals surface area (Å²) in [4.78, 5) is 51.9. The molecule has 0 amide bonds. The van der Waals surface area contributed by atoms with Crippen LogP contribution in [-0.4, -0.2) is 70.6 Å². The molecular weight excluding hydrogens is 446 g/mol. The molecule has 10 nitrogen and oxygen atoms in total. The first-order valence-corrected chi connectivity index (χ1v) is 10.7. The number of aromatic hydroxyl groups is 1. The van der Waals surface area contributed by atoms with Gasteiger partial charge in [0.15, 0.2) is 17.2 Å². The minimum atomic E-state index is -2.56. The topological polar surface area (TPSA) is 162 Å². The molecule has 1 aromatic rings. The van der Waals surface area contributed by atoms with Gasteiger partial charge in [-0.2, -0.15) is 0 Å². The summed E-state index contributed by atoms with van der Waals surface area (Å²) in [6.07, 6.45) is -0.0894. The fourth-order valence-corrected chi connectivity index (χ4v) is 5.44. The van der Waals surface area contributed by atoms with Gasteiger partial charge in [-0.25, -0.2) is 4.79 Å². The SMILES string of the molecule is COC(=O)c1cc(N(C)C)c2c(c1O)C(O)=C1C(=O)[C@]3(O)C(O)=C(C(C)=O)C(=O)C[C@@H]3C[C@@H]1C2. The zero-order valence-corrected chi connectivity index (χ0v) is 19.1. The van der Waals surface area contributed by atoms with Gasteiger partial charge in [-0.15, -0.1) is 0 Å². The summed E-state index contributed by atoms with van der Waals surface area (Å²) in [5.41, 5.74) is -2.81. The molecule has 0 saturated heterocycles. The molecule has 4 rings (SSSR count). The van der Waals surface area contributed by atoms with Crippen LogP contribution in [0.25, 0.3) is 5.76 Å². The van der Waals surface area contributed by atoms with E-state index in [2.05, 4.69) is 0 Å². The van der Waals surface area contributed by atoms with Gasteiger partial charge >= 0.3 is 5.97 Å². The Balaban J connectivity index is 1.99. The van der Waals surface area contributed by atoms with Crippen LogP contribution in [0.1, 0.15) is 41.3 Å². The number of rotatable bonds is 3. The van der Waals surface area contributed by atoms with Crippen LogP contribution in [0.4, 0.5) is 5.69 Å². The zero-order valence-electron chi connectivity index (χ0n) is 19.1. The van der Waals surface area contributed by atoms with Crippen LogP contribution < -0.4 is 4.90 Å². The van der Waals surface area contributed by atoms with Gasteiger partial charge in [-0.05, 0) is 37.3 Å². The quantitative estimate of drug-likeness (QED) is 0.374. The first-order valence-electron chi connectivity index (χ1n) is 10.7. The number of hydrogen-bond donors (Lipinski definition) is 4. The van der Waals surface area contributed by atoms with E-state index in [9.17, 15) is 39.6 Å². The van der Waals surface area contributed by atoms with Crippen molar-refractivity contribution in [1.82, 2.24) is 0 Å². The van der Waals surface area contributed by atoms with Gasteiger partial charge in [0.25, 0.3) is 0 Å². The van der Waals surface area contributed by atoms with E-state index in [1.54, 1.807) is 19.0 Å². The van der Waals surface area contributed by atoms with E-state index in [0.29, 0.717) is 11.3 Å². The number of nitrogens with zero attached hydrogens (tertiary/aromatic N) is 1. The molecule has 0 bridgehead atoms. The first-order chi connectivity index (χ1) is 15.9. The third-order valence-corrected chi connectivity index (χ3v) is 7.03. The highest BCUT2D eigenvalue weighted by Crippen LogP contribution is 2.53. The average molecular weight is 471 g/mol. The summed E-state index contributed by atoms with van der Waals surface area (Å²) in [7, 11) is 4.55. The van der Waals surface area contributed by atoms with Gasteiger partial charge in [0.1, 0.15) is 28.4 Å². The normalized spacial score (nSPS) is 26.0. The lowest BCUT2D eigenvalue weighted by Gasteiger charge is -2.46. The molecule has 0 aliphatic heterocycles. The molecule has 1 aromatic carbocycles. The maximum Gasteiger partial charge on any atom is 0.341 e. The van der Waals surface area contributed by atoms with Crippen LogP contribution in [0.3, 0.4) is 0 Å². The summed E-state index contributed by atoms with van der Waals surface area (Å²) >= 11 is 0. The lowest BCUT2D eigenvalue weighted by atomic mass is 9.59. The summed E-state index contributed by atoms with van der Waals surface area (Å²) in [6, 6.07) is 1.43. The first kappa shape index (κ1) is 23.5. The highest BCUT2D eigenvalue weighted by molar-refractivity contribution is 6.23. The molecular formula is C24H25NO9. The predicted molar refractivity (Wildman–Crippen MR) is 119 cm³/mol. The Hall–Kier alpha value is -3.66. The molecule has 0 unspecified atom stereocenters. The highest BCUT2D eigenvalue weighted by Gasteiger charge is 2.60. The number of ether oxygens (including phenoxy) is 1. The molecule has 1 saturated carbocycles. The minimum absolute atomic E-state index is 0.0639. The fraction of sp³-hybridized carbons (Fsp3) is 0.417. The third-order valence-electron chi connectivity index (χ3n) is 7.03.